The van der Waals surface area contributed by atoms with Gasteiger partial charge in [-0.05, 0) is 12.8 Å². The summed E-state index contributed by atoms with van der Waals surface area (Å²) in [6.07, 6.45) is 8.01. The van der Waals surface area contributed by atoms with Gasteiger partial charge in [0.15, 0.2) is 0 Å². The fourth-order valence-electron chi connectivity index (χ4n) is 1.98. The van der Waals surface area contributed by atoms with Crippen LogP contribution in [0.5, 0.6) is 5.75 Å². The Hall–Kier alpha value is -0.139. The first-order chi connectivity index (χ1) is 9.57. The quantitative estimate of drug-likeness (QED) is 0.520. The van der Waals surface area contributed by atoms with Gasteiger partial charge in [-0.3, -0.25) is 0 Å². The smallest absolute Gasteiger partial charge is 0.872 e. The number of aryl methyl sites for hydroxylation is 1. The van der Waals surface area contributed by atoms with Gasteiger partial charge in [0.1, 0.15) is 0 Å². The summed E-state index contributed by atoms with van der Waals surface area (Å²) >= 11 is 0. The Bertz CT molecular complexity index is 365. The predicted molar refractivity (Wildman–Crippen MR) is 81.4 cm³/mol. The maximum absolute atomic E-state index is 11.4. The van der Waals surface area contributed by atoms with E-state index in [2.05, 4.69) is 6.92 Å². The molecule has 0 radical (unpaired) electrons. The molecule has 0 bridgehead atoms. The fourth-order valence-corrected chi connectivity index (χ4v) is 1.98. The van der Waals surface area contributed by atoms with Crippen molar-refractivity contribution < 1.29 is 20.1 Å². The van der Waals surface area contributed by atoms with E-state index in [1.807, 2.05) is 18.2 Å². The van der Waals surface area contributed by atoms with Crippen molar-refractivity contribution in [3.05, 3.63) is 29.8 Å². The van der Waals surface area contributed by atoms with Crippen molar-refractivity contribution in [3.63, 3.8) is 0 Å². The summed E-state index contributed by atoms with van der Waals surface area (Å²) in [6.45, 7) is 2.24. The summed E-state index contributed by atoms with van der Waals surface area (Å²) in [5, 5.41) is 26.7. The zero-order chi connectivity index (χ0) is 15.2. The first kappa shape index (κ1) is 23.1. The molecule has 0 fully saturated rings. The summed E-state index contributed by atoms with van der Waals surface area (Å²) in [7, 11) is 0. The maximum Gasteiger partial charge on any atom is 2.00 e. The summed E-state index contributed by atoms with van der Waals surface area (Å²) in [5.41, 5.74) is 0.982. The Labute approximate surface area is 167 Å². The molecule has 0 spiro atoms. The molecule has 0 aliphatic heterocycles. The second-order valence-corrected chi connectivity index (χ2v) is 4.74. The molecule has 0 amide bonds. The number of hydrogen-bond acceptors (Lipinski definition) is 3. The standard InChI is InChI=1S/C15H24O.CH2O3.Ba/c1-2-3-4-5-6-7-8-11-14-12-9-10-13-15(14)16;2-1(3)4;/h9-10,12-13,16H,2-8,11H2,1H3;(H2,2,3,4);/q;;+2/p-2. The molecule has 1 N–H and O–H groups in total. The van der Waals surface area contributed by atoms with Crippen LogP contribution in [0.4, 0.5) is 4.79 Å². The van der Waals surface area contributed by atoms with E-state index >= 15 is 0 Å². The second kappa shape index (κ2) is 16.2. The van der Waals surface area contributed by atoms with Gasteiger partial charge in [-0.2, -0.15) is 0 Å². The average molecular weight is 418 g/mol. The van der Waals surface area contributed by atoms with Crippen LogP contribution in [0.25, 0.3) is 0 Å². The van der Waals surface area contributed by atoms with Gasteiger partial charge in [0.2, 0.25) is 6.16 Å². The molecule has 1 rings (SSSR count). The van der Waals surface area contributed by atoms with Gasteiger partial charge in [-0.15, -0.1) is 5.75 Å². The van der Waals surface area contributed by atoms with E-state index in [1.165, 1.54) is 38.5 Å². The fraction of sp³-hybridized carbons (Fsp3) is 0.562. The molecule has 114 valence electrons. The molecule has 4 nitrogen and oxygen atoms in total. The summed E-state index contributed by atoms with van der Waals surface area (Å²) in [6, 6.07) is 7.39. The van der Waals surface area contributed by atoms with Crippen molar-refractivity contribution in [3.8, 4) is 5.75 Å². The van der Waals surface area contributed by atoms with Crippen LogP contribution in [0.1, 0.15) is 57.4 Å². The number of carbonyl (C=O) groups is 1. The van der Waals surface area contributed by atoms with Crippen molar-refractivity contribution in [2.24, 2.45) is 0 Å². The van der Waals surface area contributed by atoms with E-state index in [1.54, 1.807) is 6.07 Å². The van der Waals surface area contributed by atoms with Crippen molar-refractivity contribution in [2.75, 3.05) is 0 Å². The molecule has 0 aliphatic rings. The minimum atomic E-state index is -2.08. The van der Waals surface area contributed by atoms with Crippen LogP contribution in [0.2, 0.25) is 0 Å². The van der Waals surface area contributed by atoms with E-state index < -0.39 is 6.16 Å². The van der Waals surface area contributed by atoms with Gasteiger partial charge in [-0.25, -0.2) is 0 Å². The van der Waals surface area contributed by atoms with Crippen LogP contribution in [0, 0.1) is 0 Å². The Balaban J connectivity index is 0. The van der Waals surface area contributed by atoms with Crippen LogP contribution < -0.4 is 10.2 Å². The largest absolute Gasteiger partial charge is 2.00 e. The predicted octanol–water partition coefficient (Wildman–Crippen LogP) is 2.56. The average Bonchev–Trinajstić information content (AvgIpc) is 2.39. The van der Waals surface area contributed by atoms with Gasteiger partial charge < -0.3 is 20.1 Å². The minimum Gasteiger partial charge on any atom is -0.872 e. The van der Waals surface area contributed by atoms with Gasteiger partial charge in [0.25, 0.3) is 0 Å². The number of hydrogen-bond donors (Lipinski definition) is 1. The third-order valence-electron chi connectivity index (χ3n) is 3.02. The number of carboxylic acid groups (broad SMARTS) is 2. The molecule has 0 saturated heterocycles. The zero-order valence-corrected chi connectivity index (χ0v) is 17.3. The zero-order valence-electron chi connectivity index (χ0n) is 12.8. The minimum absolute atomic E-state index is 0. The van der Waals surface area contributed by atoms with Crippen molar-refractivity contribution >= 4 is 55.0 Å². The molecule has 0 saturated carbocycles. The number of unbranched alkanes of at least 4 members (excludes halogenated alkanes) is 6. The number of rotatable bonds is 8. The Morgan fingerprint density at radius 2 is 1.52 bits per heavy atom. The van der Waals surface area contributed by atoms with Crippen molar-refractivity contribution in [2.45, 2.75) is 58.3 Å². The van der Waals surface area contributed by atoms with Crippen LogP contribution in [0.15, 0.2) is 24.3 Å². The Kier molecular flexibility index (Phi) is 17.9. The molecule has 1 aromatic carbocycles. The SMILES string of the molecule is CCCCCCCCCc1ccccc1[O-].O=C([O-])O.[Ba+2]. The van der Waals surface area contributed by atoms with E-state index in [0.29, 0.717) is 0 Å². The molecule has 5 heteroatoms. The molecule has 21 heavy (non-hydrogen) atoms. The second-order valence-electron chi connectivity index (χ2n) is 4.74. The molecular formula is C16H24BaO4. The summed E-state index contributed by atoms with van der Waals surface area (Å²) < 4.78 is 0. The van der Waals surface area contributed by atoms with Crippen molar-refractivity contribution in [1.82, 2.24) is 0 Å². The third kappa shape index (κ3) is 16.1. The number of para-hydroxylation sites is 1. The Morgan fingerprint density at radius 3 is 2.05 bits per heavy atom. The first-order valence-corrected chi connectivity index (χ1v) is 7.22. The molecule has 0 heterocycles. The van der Waals surface area contributed by atoms with E-state index in [4.69, 9.17) is 15.0 Å². The molecule has 1 aromatic rings. The van der Waals surface area contributed by atoms with E-state index in [0.717, 1.165) is 18.4 Å². The first-order valence-electron chi connectivity index (χ1n) is 7.22. The molecule has 0 aromatic heterocycles. The van der Waals surface area contributed by atoms with E-state index in [9.17, 15) is 5.11 Å². The Morgan fingerprint density at radius 1 is 1.05 bits per heavy atom. The van der Waals surface area contributed by atoms with Crippen LogP contribution in [-0.2, 0) is 6.42 Å². The van der Waals surface area contributed by atoms with Crippen LogP contribution in [-0.4, -0.2) is 60.1 Å². The monoisotopic (exact) mass is 418 g/mol. The van der Waals surface area contributed by atoms with Crippen LogP contribution >= 0.6 is 0 Å². The van der Waals surface area contributed by atoms with Gasteiger partial charge in [0.05, 0.1) is 0 Å². The molecular weight excluding hydrogens is 394 g/mol. The third-order valence-corrected chi connectivity index (χ3v) is 3.02. The van der Waals surface area contributed by atoms with Gasteiger partial charge in [0, 0.05) is 0 Å². The van der Waals surface area contributed by atoms with Crippen molar-refractivity contribution in [1.29, 1.82) is 0 Å². The topological polar surface area (TPSA) is 83.4 Å². The van der Waals surface area contributed by atoms with Gasteiger partial charge in [-0.1, -0.05) is 75.3 Å². The summed E-state index contributed by atoms with van der Waals surface area (Å²) in [5.74, 6) is 0.202. The maximum atomic E-state index is 11.4. The van der Waals surface area contributed by atoms with E-state index in [-0.39, 0.29) is 54.6 Å². The normalized spacial score (nSPS) is 9.19. The van der Waals surface area contributed by atoms with Crippen LogP contribution in [0.3, 0.4) is 0 Å². The molecule has 0 unspecified atom stereocenters. The molecule has 0 atom stereocenters. The molecule has 0 aliphatic carbocycles. The number of benzene rings is 1. The van der Waals surface area contributed by atoms with Gasteiger partial charge >= 0.3 is 48.9 Å². The summed E-state index contributed by atoms with van der Waals surface area (Å²) in [4.78, 5) is 8.44.